The summed E-state index contributed by atoms with van der Waals surface area (Å²) in [7, 11) is 0. The quantitative estimate of drug-likeness (QED) is 0.893. The van der Waals surface area contributed by atoms with Gasteiger partial charge in [-0.3, -0.25) is 0 Å². The SMILES string of the molecule is C[C@H]1CCN(C(=O)Nc2cc(F)ccc2N2CCCCC2)[C@@H]1CO. The molecule has 2 saturated heterocycles. The highest BCUT2D eigenvalue weighted by molar-refractivity contribution is 5.93. The molecule has 1 aromatic rings. The fraction of sp³-hybridized carbons (Fsp3) is 0.611. The zero-order valence-corrected chi connectivity index (χ0v) is 14.2. The van der Waals surface area contributed by atoms with Crippen LogP contribution in [0.4, 0.5) is 20.6 Å². The molecule has 2 aliphatic rings. The van der Waals surface area contributed by atoms with Crippen molar-refractivity contribution in [2.24, 2.45) is 5.92 Å². The number of amides is 2. The minimum Gasteiger partial charge on any atom is -0.394 e. The van der Waals surface area contributed by atoms with Gasteiger partial charge in [0, 0.05) is 19.6 Å². The monoisotopic (exact) mass is 335 g/mol. The molecule has 3 rings (SSSR count). The van der Waals surface area contributed by atoms with Crippen molar-refractivity contribution in [2.75, 3.05) is 36.5 Å². The van der Waals surface area contributed by atoms with Gasteiger partial charge in [-0.15, -0.1) is 0 Å². The van der Waals surface area contributed by atoms with E-state index in [1.54, 1.807) is 11.0 Å². The highest BCUT2D eigenvalue weighted by Gasteiger charge is 2.34. The number of likely N-dealkylation sites (tertiary alicyclic amines) is 1. The highest BCUT2D eigenvalue weighted by atomic mass is 19.1. The largest absolute Gasteiger partial charge is 0.394 e. The third-order valence-corrected chi connectivity index (χ3v) is 5.23. The first kappa shape index (κ1) is 17.0. The van der Waals surface area contributed by atoms with Gasteiger partial charge in [0.05, 0.1) is 24.0 Å². The van der Waals surface area contributed by atoms with Crippen molar-refractivity contribution in [1.29, 1.82) is 0 Å². The number of piperidine rings is 1. The van der Waals surface area contributed by atoms with E-state index < -0.39 is 0 Å². The molecule has 0 aromatic heterocycles. The molecule has 2 heterocycles. The molecule has 0 unspecified atom stereocenters. The van der Waals surface area contributed by atoms with E-state index in [9.17, 15) is 14.3 Å². The predicted molar refractivity (Wildman–Crippen MR) is 92.8 cm³/mol. The lowest BCUT2D eigenvalue weighted by Gasteiger charge is -2.31. The molecule has 0 radical (unpaired) electrons. The van der Waals surface area contributed by atoms with E-state index in [0.717, 1.165) is 38.0 Å². The zero-order valence-electron chi connectivity index (χ0n) is 14.2. The van der Waals surface area contributed by atoms with Crippen molar-refractivity contribution in [3.05, 3.63) is 24.0 Å². The second-order valence-electron chi connectivity index (χ2n) is 6.85. The zero-order chi connectivity index (χ0) is 17.1. The Labute approximate surface area is 142 Å². The third-order valence-electron chi connectivity index (χ3n) is 5.23. The van der Waals surface area contributed by atoms with Crippen LogP contribution in [-0.4, -0.2) is 48.3 Å². The molecular weight excluding hydrogens is 309 g/mol. The van der Waals surface area contributed by atoms with Gasteiger partial charge < -0.3 is 20.2 Å². The van der Waals surface area contributed by atoms with Gasteiger partial charge in [-0.2, -0.15) is 0 Å². The smallest absolute Gasteiger partial charge is 0.322 e. The molecule has 24 heavy (non-hydrogen) atoms. The molecule has 2 atom stereocenters. The van der Waals surface area contributed by atoms with E-state index >= 15 is 0 Å². The van der Waals surface area contributed by atoms with Gasteiger partial charge in [0.15, 0.2) is 0 Å². The molecule has 0 spiro atoms. The van der Waals surface area contributed by atoms with Crippen LogP contribution >= 0.6 is 0 Å². The molecule has 2 fully saturated rings. The summed E-state index contributed by atoms with van der Waals surface area (Å²) in [5, 5.41) is 12.4. The molecule has 132 valence electrons. The molecule has 1 aromatic carbocycles. The van der Waals surface area contributed by atoms with E-state index in [-0.39, 0.29) is 30.4 Å². The van der Waals surface area contributed by atoms with Crippen LogP contribution in [0.3, 0.4) is 0 Å². The average molecular weight is 335 g/mol. The van der Waals surface area contributed by atoms with E-state index in [0.29, 0.717) is 12.2 Å². The van der Waals surface area contributed by atoms with Crippen LogP contribution in [0.25, 0.3) is 0 Å². The maximum absolute atomic E-state index is 13.7. The van der Waals surface area contributed by atoms with Gasteiger partial charge in [-0.25, -0.2) is 9.18 Å². The van der Waals surface area contributed by atoms with Gasteiger partial charge in [0.1, 0.15) is 5.82 Å². The number of carbonyl (C=O) groups is 1. The number of benzene rings is 1. The third kappa shape index (κ3) is 3.48. The summed E-state index contributed by atoms with van der Waals surface area (Å²) >= 11 is 0. The van der Waals surface area contributed by atoms with Crippen LogP contribution in [0, 0.1) is 11.7 Å². The normalized spacial score (nSPS) is 24.3. The molecule has 2 aliphatic heterocycles. The van der Waals surface area contributed by atoms with Crippen molar-refractivity contribution < 1.29 is 14.3 Å². The lowest BCUT2D eigenvalue weighted by molar-refractivity contribution is 0.152. The van der Waals surface area contributed by atoms with Gasteiger partial charge in [0.25, 0.3) is 0 Å². The topological polar surface area (TPSA) is 55.8 Å². The number of halogens is 1. The number of hydrogen-bond acceptors (Lipinski definition) is 3. The van der Waals surface area contributed by atoms with E-state index in [2.05, 4.69) is 10.2 Å². The van der Waals surface area contributed by atoms with Crippen LogP contribution < -0.4 is 10.2 Å². The Morgan fingerprint density at radius 3 is 2.75 bits per heavy atom. The first-order valence-electron chi connectivity index (χ1n) is 8.83. The first-order chi connectivity index (χ1) is 11.6. The molecule has 0 saturated carbocycles. The van der Waals surface area contributed by atoms with Crippen molar-refractivity contribution in [2.45, 2.75) is 38.6 Å². The minimum absolute atomic E-state index is 0.0449. The number of hydrogen-bond donors (Lipinski definition) is 2. The Bertz CT molecular complexity index is 590. The van der Waals surface area contributed by atoms with Crippen molar-refractivity contribution in [3.63, 3.8) is 0 Å². The Balaban J connectivity index is 1.78. The van der Waals surface area contributed by atoms with Crippen molar-refractivity contribution in [3.8, 4) is 0 Å². The molecule has 0 bridgehead atoms. The molecule has 6 heteroatoms. The number of aliphatic hydroxyl groups is 1. The Morgan fingerprint density at radius 1 is 1.29 bits per heavy atom. The summed E-state index contributed by atoms with van der Waals surface area (Å²) in [6.07, 6.45) is 4.31. The predicted octanol–water partition coefficient (Wildman–Crippen LogP) is 3.05. The van der Waals surface area contributed by atoms with E-state index in [1.807, 2.05) is 6.92 Å². The standard InChI is InChI=1S/C18H26FN3O2/c1-13-7-10-22(17(13)12-23)18(24)20-15-11-14(19)5-6-16(15)21-8-3-2-4-9-21/h5-6,11,13,17,23H,2-4,7-10,12H2,1H3,(H,20,24)/t13-,17+/m0/s1. The van der Waals surface area contributed by atoms with Crippen molar-refractivity contribution in [1.82, 2.24) is 4.90 Å². The molecule has 5 nitrogen and oxygen atoms in total. The van der Waals surface area contributed by atoms with Crippen LogP contribution in [0.1, 0.15) is 32.6 Å². The lowest BCUT2D eigenvalue weighted by atomic mass is 10.0. The van der Waals surface area contributed by atoms with Crippen LogP contribution in [-0.2, 0) is 0 Å². The fourth-order valence-corrected chi connectivity index (χ4v) is 3.74. The number of rotatable bonds is 3. The fourth-order valence-electron chi connectivity index (χ4n) is 3.74. The Hall–Kier alpha value is -1.82. The summed E-state index contributed by atoms with van der Waals surface area (Å²) < 4.78 is 13.7. The molecular formula is C18H26FN3O2. The molecule has 2 N–H and O–H groups in total. The summed E-state index contributed by atoms with van der Waals surface area (Å²) in [6, 6.07) is 4.13. The van der Waals surface area contributed by atoms with E-state index in [4.69, 9.17) is 0 Å². The second-order valence-corrected chi connectivity index (χ2v) is 6.85. The number of nitrogens with one attached hydrogen (secondary N) is 1. The lowest BCUT2D eigenvalue weighted by Crippen LogP contribution is -2.42. The van der Waals surface area contributed by atoms with E-state index in [1.165, 1.54) is 18.6 Å². The van der Waals surface area contributed by atoms with Gasteiger partial charge >= 0.3 is 6.03 Å². The number of urea groups is 1. The Morgan fingerprint density at radius 2 is 2.04 bits per heavy atom. The van der Waals surface area contributed by atoms with Crippen molar-refractivity contribution >= 4 is 17.4 Å². The van der Waals surface area contributed by atoms with Gasteiger partial charge in [-0.05, 0) is 49.8 Å². The van der Waals surface area contributed by atoms with Gasteiger partial charge in [-0.1, -0.05) is 6.92 Å². The number of aliphatic hydroxyl groups excluding tert-OH is 1. The average Bonchev–Trinajstić information content (AvgIpc) is 2.96. The summed E-state index contributed by atoms with van der Waals surface area (Å²) in [4.78, 5) is 16.5. The summed E-state index contributed by atoms with van der Waals surface area (Å²) in [5.74, 6) is -0.0885. The summed E-state index contributed by atoms with van der Waals surface area (Å²) in [6.45, 7) is 4.46. The number of nitrogens with zero attached hydrogens (tertiary/aromatic N) is 2. The van der Waals surface area contributed by atoms with Gasteiger partial charge in [0.2, 0.25) is 0 Å². The minimum atomic E-state index is -0.362. The number of anilines is 2. The van der Waals surface area contributed by atoms with Crippen LogP contribution in [0.5, 0.6) is 0 Å². The van der Waals surface area contributed by atoms with Crippen LogP contribution in [0.2, 0.25) is 0 Å². The Kier molecular flexibility index (Phi) is 5.23. The first-order valence-corrected chi connectivity index (χ1v) is 8.83. The molecule has 2 amide bonds. The summed E-state index contributed by atoms with van der Waals surface area (Å²) in [5.41, 5.74) is 1.38. The maximum Gasteiger partial charge on any atom is 0.322 e. The number of carbonyl (C=O) groups excluding carboxylic acids is 1. The maximum atomic E-state index is 13.7. The highest BCUT2D eigenvalue weighted by Crippen LogP contribution is 2.31. The molecule has 0 aliphatic carbocycles. The van der Waals surface area contributed by atoms with Crippen LogP contribution in [0.15, 0.2) is 18.2 Å². The second kappa shape index (κ2) is 7.38.